The number of carbonyl (C=O) groups is 1. The lowest BCUT2D eigenvalue weighted by molar-refractivity contribution is 0.102. The number of nitrogens with one attached hydrogen (secondary N) is 1. The van der Waals surface area contributed by atoms with Crippen LogP contribution in [0.3, 0.4) is 0 Å². The van der Waals surface area contributed by atoms with Gasteiger partial charge in [-0.1, -0.05) is 29.0 Å². The van der Waals surface area contributed by atoms with Gasteiger partial charge < -0.3 is 4.74 Å². The molecule has 0 spiro atoms. The van der Waals surface area contributed by atoms with Gasteiger partial charge in [0.1, 0.15) is 11.3 Å². The van der Waals surface area contributed by atoms with E-state index in [-0.39, 0.29) is 5.91 Å². The van der Waals surface area contributed by atoms with Gasteiger partial charge in [-0.15, -0.1) is 0 Å². The van der Waals surface area contributed by atoms with Crippen molar-refractivity contribution in [3.05, 3.63) is 53.1 Å². The third-order valence-corrected chi connectivity index (χ3v) is 4.20. The molecule has 2 aromatic carbocycles. The summed E-state index contributed by atoms with van der Waals surface area (Å²) in [5.41, 5.74) is 1.30. The number of para-hydroxylation sites is 1. The number of benzene rings is 2. The van der Waals surface area contributed by atoms with Crippen molar-refractivity contribution in [3.63, 3.8) is 0 Å². The van der Waals surface area contributed by atoms with E-state index in [0.717, 1.165) is 16.0 Å². The number of fused-ring (bicyclic) bond motifs is 1. The topological polar surface area (TPSA) is 51.2 Å². The van der Waals surface area contributed by atoms with E-state index in [4.69, 9.17) is 16.3 Å². The van der Waals surface area contributed by atoms with Crippen LogP contribution in [0.25, 0.3) is 10.2 Å². The van der Waals surface area contributed by atoms with Crippen LogP contribution in [0.4, 0.5) is 5.13 Å². The fourth-order valence-electron chi connectivity index (χ4n) is 2.02. The van der Waals surface area contributed by atoms with Crippen LogP contribution in [0.2, 0.25) is 5.02 Å². The molecule has 1 heterocycles. The molecule has 3 rings (SSSR count). The van der Waals surface area contributed by atoms with Gasteiger partial charge in [0.15, 0.2) is 5.13 Å². The van der Waals surface area contributed by atoms with Crippen LogP contribution in [0, 0.1) is 0 Å². The van der Waals surface area contributed by atoms with Gasteiger partial charge in [-0.3, -0.25) is 10.1 Å². The number of amides is 1. The smallest absolute Gasteiger partial charge is 0.257 e. The lowest BCUT2D eigenvalue weighted by Gasteiger charge is -2.02. The number of hydrogen-bond donors (Lipinski definition) is 1. The maximum absolute atomic E-state index is 12.2. The van der Waals surface area contributed by atoms with Crippen molar-refractivity contribution < 1.29 is 9.53 Å². The van der Waals surface area contributed by atoms with Gasteiger partial charge in [0.2, 0.25) is 0 Å². The SMILES string of the molecule is CCOc1cccc2sc(NC(=O)c3ccc(Cl)cc3)nc12. The van der Waals surface area contributed by atoms with Gasteiger partial charge in [-0.05, 0) is 43.3 Å². The Morgan fingerprint density at radius 3 is 2.77 bits per heavy atom. The van der Waals surface area contributed by atoms with Crippen molar-refractivity contribution in [2.75, 3.05) is 11.9 Å². The zero-order valence-corrected chi connectivity index (χ0v) is 13.4. The number of anilines is 1. The molecule has 4 nitrogen and oxygen atoms in total. The first-order valence-corrected chi connectivity index (χ1v) is 7.96. The van der Waals surface area contributed by atoms with Crippen molar-refractivity contribution in [3.8, 4) is 5.75 Å². The number of hydrogen-bond acceptors (Lipinski definition) is 4. The highest BCUT2D eigenvalue weighted by atomic mass is 35.5. The van der Waals surface area contributed by atoms with E-state index in [1.54, 1.807) is 24.3 Å². The Hall–Kier alpha value is -2.11. The summed E-state index contributed by atoms with van der Waals surface area (Å²) in [6.45, 7) is 2.50. The summed E-state index contributed by atoms with van der Waals surface area (Å²) >= 11 is 7.24. The molecule has 0 unspecified atom stereocenters. The average molecular weight is 333 g/mol. The summed E-state index contributed by atoms with van der Waals surface area (Å²) in [4.78, 5) is 16.6. The summed E-state index contributed by atoms with van der Waals surface area (Å²) in [5.74, 6) is 0.511. The third kappa shape index (κ3) is 3.05. The van der Waals surface area contributed by atoms with Gasteiger partial charge in [0.05, 0.1) is 11.3 Å². The van der Waals surface area contributed by atoms with Gasteiger partial charge >= 0.3 is 0 Å². The van der Waals surface area contributed by atoms with Crippen LogP contribution in [0.15, 0.2) is 42.5 Å². The molecule has 0 aliphatic heterocycles. The molecule has 3 aromatic rings. The van der Waals surface area contributed by atoms with Crippen molar-refractivity contribution in [2.24, 2.45) is 0 Å². The molecular formula is C16H13ClN2O2S. The van der Waals surface area contributed by atoms with Gasteiger partial charge in [0.25, 0.3) is 5.91 Å². The van der Waals surface area contributed by atoms with Crippen molar-refractivity contribution >= 4 is 44.2 Å². The quantitative estimate of drug-likeness (QED) is 0.759. The highest BCUT2D eigenvalue weighted by molar-refractivity contribution is 7.22. The first-order chi connectivity index (χ1) is 10.7. The predicted molar refractivity (Wildman–Crippen MR) is 90.2 cm³/mol. The zero-order chi connectivity index (χ0) is 15.5. The molecule has 0 fully saturated rings. The lowest BCUT2D eigenvalue weighted by atomic mass is 10.2. The Labute approximate surface area is 136 Å². The summed E-state index contributed by atoms with van der Waals surface area (Å²) < 4.78 is 6.52. The van der Waals surface area contributed by atoms with Crippen LogP contribution in [-0.2, 0) is 0 Å². The maximum atomic E-state index is 12.2. The van der Waals surface area contributed by atoms with E-state index in [1.165, 1.54) is 11.3 Å². The largest absolute Gasteiger partial charge is 0.492 e. The Balaban J connectivity index is 1.86. The fourth-order valence-corrected chi connectivity index (χ4v) is 3.02. The van der Waals surface area contributed by atoms with Gasteiger partial charge in [-0.25, -0.2) is 4.98 Å². The van der Waals surface area contributed by atoms with E-state index in [2.05, 4.69) is 10.3 Å². The maximum Gasteiger partial charge on any atom is 0.257 e. The summed E-state index contributed by atoms with van der Waals surface area (Å²) in [5, 5.41) is 3.95. The molecule has 0 atom stereocenters. The lowest BCUT2D eigenvalue weighted by Crippen LogP contribution is -2.11. The van der Waals surface area contributed by atoms with Crippen LogP contribution >= 0.6 is 22.9 Å². The average Bonchev–Trinajstić information content (AvgIpc) is 2.91. The fraction of sp³-hybridized carbons (Fsp3) is 0.125. The minimum atomic E-state index is -0.214. The Morgan fingerprint density at radius 2 is 2.05 bits per heavy atom. The van der Waals surface area contributed by atoms with Crippen molar-refractivity contribution in [1.29, 1.82) is 0 Å². The summed E-state index contributed by atoms with van der Waals surface area (Å²) in [6.07, 6.45) is 0. The second-order valence-electron chi connectivity index (χ2n) is 4.52. The highest BCUT2D eigenvalue weighted by Gasteiger charge is 2.12. The standard InChI is InChI=1S/C16H13ClN2O2S/c1-2-21-12-4-3-5-13-14(12)18-16(22-13)19-15(20)10-6-8-11(17)9-7-10/h3-9H,2H2,1H3,(H,18,19,20). The Bertz CT molecular complexity index is 815. The molecule has 6 heteroatoms. The van der Waals surface area contributed by atoms with E-state index in [0.29, 0.717) is 22.3 Å². The van der Waals surface area contributed by atoms with Gasteiger partial charge in [-0.2, -0.15) is 0 Å². The molecule has 1 N–H and O–H groups in total. The molecule has 1 aromatic heterocycles. The van der Waals surface area contributed by atoms with Gasteiger partial charge in [0, 0.05) is 10.6 Å². The molecule has 0 aliphatic carbocycles. The minimum absolute atomic E-state index is 0.214. The predicted octanol–water partition coefficient (Wildman–Crippen LogP) is 4.60. The van der Waals surface area contributed by atoms with E-state index >= 15 is 0 Å². The van der Waals surface area contributed by atoms with Crippen molar-refractivity contribution in [2.45, 2.75) is 6.92 Å². The van der Waals surface area contributed by atoms with Crippen LogP contribution < -0.4 is 10.1 Å². The molecule has 22 heavy (non-hydrogen) atoms. The number of halogens is 1. The third-order valence-electron chi connectivity index (χ3n) is 3.01. The van der Waals surface area contributed by atoms with Crippen LogP contribution in [0.1, 0.15) is 17.3 Å². The monoisotopic (exact) mass is 332 g/mol. The van der Waals surface area contributed by atoms with Crippen LogP contribution in [-0.4, -0.2) is 17.5 Å². The van der Waals surface area contributed by atoms with E-state index in [9.17, 15) is 4.79 Å². The number of thiazole rings is 1. The summed E-state index contributed by atoms with van der Waals surface area (Å²) in [6, 6.07) is 12.5. The minimum Gasteiger partial charge on any atom is -0.492 e. The first kappa shape index (κ1) is 14.8. The molecule has 112 valence electrons. The molecule has 1 amide bonds. The molecule has 0 bridgehead atoms. The van der Waals surface area contributed by atoms with E-state index in [1.807, 2.05) is 25.1 Å². The van der Waals surface area contributed by atoms with Crippen molar-refractivity contribution in [1.82, 2.24) is 4.98 Å². The van der Waals surface area contributed by atoms with Crippen LogP contribution in [0.5, 0.6) is 5.75 Å². The second kappa shape index (κ2) is 6.34. The molecule has 0 saturated heterocycles. The Kier molecular flexibility index (Phi) is 4.27. The zero-order valence-electron chi connectivity index (χ0n) is 11.8. The number of carbonyl (C=O) groups excluding carboxylic acids is 1. The number of rotatable bonds is 4. The normalized spacial score (nSPS) is 10.6. The van der Waals surface area contributed by atoms with E-state index < -0.39 is 0 Å². The molecule has 0 radical (unpaired) electrons. The molecular weight excluding hydrogens is 320 g/mol. The number of ether oxygens (including phenoxy) is 1. The molecule has 0 saturated carbocycles. The highest BCUT2D eigenvalue weighted by Crippen LogP contribution is 2.32. The molecule has 0 aliphatic rings. The Morgan fingerprint density at radius 1 is 1.27 bits per heavy atom. The number of nitrogens with zero attached hydrogens (tertiary/aromatic N) is 1. The second-order valence-corrected chi connectivity index (χ2v) is 5.98. The summed E-state index contributed by atoms with van der Waals surface area (Å²) in [7, 11) is 0. The number of aromatic nitrogens is 1. The first-order valence-electron chi connectivity index (χ1n) is 6.76.